The molecule has 7 nitrogen and oxygen atoms in total. The number of carbonyl (C=O) groups is 3. The van der Waals surface area contributed by atoms with Gasteiger partial charge >= 0.3 is 11.9 Å². The Morgan fingerprint density at radius 2 is 1.55 bits per heavy atom. The molecule has 0 heterocycles. The van der Waals surface area contributed by atoms with E-state index in [2.05, 4.69) is 9.47 Å². The van der Waals surface area contributed by atoms with E-state index in [9.17, 15) is 19.6 Å². The third-order valence-electron chi connectivity index (χ3n) is 3.46. The first kappa shape index (κ1) is 16.0. The van der Waals surface area contributed by atoms with Crippen LogP contribution in [0.15, 0.2) is 0 Å². The van der Waals surface area contributed by atoms with E-state index in [0.29, 0.717) is 12.8 Å². The van der Waals surface area contributed by atoms with E-state index in [1.54, 1.807) is 0 Å². The highest BCUT2D eigenvalue weighted by Gasteiger charge is 2.44. The van der Waals surface area contributed by atoms with Gasteiger partial charge in [0.05, 0.1) is 20.3 Å². The lowest BCUT2D eigenvalue weighted by Crippen LogP contribution is -2.47. The average molecular weight is 282 g/mol. The van der Waals surface area contributed by atoms with Gasteiger partial charge in [0.25, 0.3) is 0 Å². The molecule has 0 atom stereocenters. The maximum absolute atomic E-state index is 12.5. The van der Waals surface area contributed by atoms with Crippen molar-refractivity contribution in [2.24, 2.45) is 5.41 Å². The molecule has 0 unspecified atom stereocenters. The van der Waals surface area contributed by atoms with Crippen molar-refractivity contribution in [1.29, 1.82) is 5.26 Å². The van der Waals surface area contributed by atoms with Gasteiger partial charge in [0.1, 0.15) is 18.5 Å². The van der Waals surface area contributed by atoms with Gasteiger partial charge in [0.15, 0.2) is 0 Å². The zero-order valence-electron chi connectivity index (χ0n) is 11.7. The highest BCUT2D eigenvalue weighted by molar-refractivity contribution is 5.91. The Labute approximate surface area is 117 Å². The van der Waals surface area contributed by atoms with Crippen molar-refractivity contribution in [3.05, 3.63) is 0 Å². The summed E-state index contributed by atoms with van der Waals surface area (Å²) in [6.45, 7) is -0.734. The predicted octanol–water partition coefficient (Wildman–Crippen LogP) is 0.245. The van der Waals surface area contributed by atoms with E-state index < -0.39 is 23.3 Å². The lowest BCUT2D eigenvalue weighted by Gasteiger charge is -2.28. The average Bonchev–Trinajstić information content (AvgIpc) is 2.95. The van der Waals surface area contributed by atoms with Gasteiger partial charge in [0, 0.05) is 0 Å². The lowest BCUT2D eigenvalue weighted by atomic mass is 9.86. The van der Waals surface area contributed by atoms with E-state index >= 15 is 0 Å². The van der Waals surface area contributed by atoms with Crippen LogP contribution in [0.1, 0.15) is 25.7 Å². The molecule has 1 aliphatic carbocycles. The third-order valence-corrected chi connectivity index (χ3v) is 3.46. The van der Waals surface area contributed by atoms with Crippen LogP contribution in [-0.4, -0.2) is 50.1 Å². The van der Waals surface area contributed by atoms with Gasteiger partial charge in [-0.2, -0.15) is 5.26 Å². The molecule has 0 aromatic rings. The van der Waals surface area contributed by atoms with Crippen LogP contribution in [0.3, 0.4) is 0 Å². The van der Waals surface area contributed by atoms with Gasteiger partial charge in [-0.3, -0.25) is 14.4 Å². The number of nitrogens with zero attached hydrogens (tertiary/aromatic N) is 2. The van der Waals surface area contributed by atoms with E-state index in [1.807, 2.05) is 6.07 Å². The van der Waals surface area contributed by atoms with Crippen molar-refractivity contribution in [2.45, 2.75) is 25.7 Å². The molecule has 0 saturated heterocycles. The summed E-state index contributed by atoms with van der Waals surface area (Å²) in [6, 6.07) is 2.04. The minimum atomic E-state index is -1.14. The van der Waals surface area contributed by atoms with Crippen molar-refractivity contribution in [2.75, 3.05) is 27.3 Å². The van der Waals surface area contributed by atoms with Crippen molar-refractivity contribution < 1.29 is 23.9 Å². The molecule has 1 saturated carbocycles. The molecule has 1 amide bonds. The highest BCUT2D eigenvalue weighted by Crippen LogP contribution is 2.39. The molecule has 110 valence electrons. The van der Waals surface area contributed by atoms with Crippen LogP contribution in [0.4, 0.5) is 0 Å². The number of methoxy groups -OCH3 is 2. The Balaban J connectivity index is 2.91. The molecular weight excluding hydrogens is 264 g/mol. The van der Waals surface area contributed by atoms with Crippen molar-refractivity contribution in [3.8, 4) is 6.07 Å². The van der Waals surface area contributed by atoms with Crippen molar-refractivity contribution in [3.63, 3.8) is 0 Å². The van der Waals surface area contributed by atoms with Crippen LogP contribution >= 0.6 is 0 Å². The number of rotatable bonds is 5. The number of nitriles is 1. The summed E-state index contributed by atoms with van der Waals surface area (Å²) in [7, 11) is 2.39. The van der Waals surface area contributed by atoms with Crippen LogP contribution in [0.5, 0.6) is 0 Å². The summed E-state index contributed by atoms with van der Waals surface area (Å²) in [5, 5.41) is 9.29. The van der Waals surface area contributed by atoms with Crippen LogP contribution in [0.2, 0.25) is 0 Å². The Kier molecular flexibility index (Phi) is 5.50. The van der Waals surface area contributed by atoms with Gasteiger partial charge < -0.3 is 14.4 Å². The lowest BCUT2D eigenvalue weighted by molar-refractivity contribution is -0.155. The van der Waals surface area contributed by atoms with E-state index in [1.165, 1.54) is 14.2 Å². The molecule has 0 radical (unpaired) electrons. The number of carbonyl (C=O) groups excluding carboxylic acids is 3. The highest BCUT2D eigenvalue weighted by atomic mass is 16.5. The molecule has 0 aromatic heterocycles. The fourth-order valence-electron chi connectivity index (χ4n) is 2.29. The zero-order chi connectivity index (χ0) is 15.2. The van der Waals surface area contributed by atoms with Gasteiger partial charge in [-0.15, -0.1) is 0 Å². The first-order valence-corrected chi connectivity index (χ1v) is 6.33. The smallest absolute Gasteiger partial charge is 0.325 e. The molecule has 1 aliphatic rings. The van der Waals surface area contributed by atoms with Gasteiger partial charge in [-0.05, 0) is 12.8 Å². The van der Waals surface area contributed by atoms with E-state index in [4.69, 9.17) is 0 Å². The molecule has 0 aromatic carbocycles. The quantitative estimate of drug-likeness (QED) is 0.670. The SMILES string of the molecule is COC(=O)CN(CC(=O)OC)C(=O)C1(C#N)CCCC1. The first-order valence-electron chi connectivity index (χ1n) is 6.33. The van der Waals surface area contributed by atoms with E-state index in [0.717, 1.165) is 17.7 Å². The van der Waals surface area contributed by atoms with Gasteiger partial charge in [-0.1, -0.05) is 12.8 Å². The molecule has 0 aliphatic heterocycles. The Hall–Kier alpha value is -2.10. The standard InChI is InChI=1S/C13H18N2O5/c1-19-10(16)7-15(8-11(17)20-2)12(18)13(9-14)5-3-4-6-13/h3-8H2,1-2H3. The monoisotopic (exact) mass is 282 g/mol. The molecule has 1 rings (SSSR count). The Morgan fingerprint density at radius 1 is 1.10 bits per heavy atom. The topological polar surface area (TPSA) is 96.7 Å². The maximum Gasteiger partial charge on any atom is 0.325 e. The fourth-order valence-corrected chi connectivity index (χ4v) is 2.29. The van der Waals surface area contributed by atoms with Gasteiger partial charge in [-0.25, -0.2) is 0 Å². The first-order chi connectivity index (χ1) is 9.49. The van der Waals surface area contributed by atoms with Crippen LogP contribution in [0, 0.1) is 16.7 Å². The largest absolute Gasteiger partial charge is 0.468 e. The minimum absolute atomic E-state index is 0.367. The molecule has 20 heavy (non-hydrogen) atoms. The third kappa shape index (κ3) is 3.47. The summed E-state index contributed by atoms with van der Waals surface area (Å²) < 4.78 is 9.01. The summed E-state index contributed by atoms with van der Waals surface area (Å²) >= 11 is 0. The predicted molar refractivity (Wildman–Crippen MR) is 67.1 cm³/mol. The zero-order valence-corrected chi connectivity index (χ0v) is 11.7. The number of hydrogen-bond acceptors (Lipinski definition) is 6. The van der Waals surface area contributed by atoms with Crippen LogP contribution in [0.25, 0.3) is 0 Å². The van der Waals surface area contributed by atoms with Crippen LogP contribution < -0.4 is 0 Å². The number of hydrogen-bond donors (Lipinski definition) is 0. The fraction of sp³-hybridized carbons (Fsp3) is 0.692. The minimum Gasteiger partial charge on any atom is -0.468 e. The van der Waals surface area contributed by atoms with Crippen LogP contribution in [-0.2, 0) is 23.9 Å². The van der Waals surface area contributed by atoms with E-state index in [-0.39, 0.29) is 13.1 Å². The summed E-state index contributed by atoms with van der Waals surface area (Å²) in [4.78, 5) is 36.2. The maximum atomic E-state index is 12.5. The number of amides is 1. The Morgan fingerprint density at radius 3 is 1.90 bits per heavy atom. The molecule has 7 heteroatoms. The van der Waals surface area contributed by atoms with Crippen molar-refractivity contribution >= 4 is 17.8 Å². The second kappa shape index (κ2) is 6.89. The molecular formula is C13H18N2O5. The molecule has 0 N–H and O–H groups in total. The summed E-state index contributed by atoms with van der Waals surface area (Å²) in [6.07, 6.45) is 2.45. The summed E-state index contributed by atoms with van der Waals surface area (Å²) in [5.74, 6) is -1.80. The second-order valence-electron chi connectivity index (χ2n) is 4.71. The molecule has 0 spiro atoms. The second-order valence-corrected chi connectivity index (χ2v) is 4.71. The number of esters is 2. The molecule has 1 fully saturated rings. The Bertz CT molecular complexity index is 417. The molecule has 0 bridgehead atoms. The summed E-state index contributed by atoms with van der Waals surface area (Å²) in [5.41, 5.74) is -1.14. The number of ether oxygens (including phenoxy) is 2. The van der Waals surface area contributed by atoms with Gasteiger partial charge in [0.2, 0.25) is 5.91 Å². The normalized spacial score (nSPS) is 16.1. The van der Waals surface area contributed by atoms with Crippen molar-refractivity contribution in [1.82, 2.24) is 4.90 Å².